The molecule has 7 heteroatoms. The second-order valence-corrected chi connectivity index (χ2v) is 5.84. The number of amides is 2. The van der Waals surface area contributed by atoms with Gasteiger partial charge in [0.05, 0.1) is 12.3 Å². The van der Waals surface area contributed by atoms with Crippen LogP contribution >= 0.6 is 11.8 Å². The number of aliphatic hydroxyl groups excluding tert-OH is 1. The average Bonchev–Trinajstić information content (AvgIpc) is 2.47. The second-order valence-electron chi connectivity index (χ2n) is 4.77. The van der Waals surface area contributed by atoms with Crippen LogP contribution in [0.3, 0.4) is 0 Å². The normalized spacial score (nSPS) is 16.2. The Hall–Kier alpha value is -1.73. The van der Waals surface area contributed by atoms with Gasteiger partial charge in [0.15, 0.2) is 6.61 Å². The summed E-state index contributed by atoms with van der Waals surface area (Å²) in [6.45, 7) is 1.83. The highest BCUT2D eigenvalue weighted by Gasteiger charge is 2.21. The smallest absolute Gasteiger partial charge is 0.262 e. The minimum atomic E-state index is -0.252. The molecular formula is C14H18N2O4S. The average molecular weight is 310 g/mol. The van der Waals surface area contributed by atoms with E-state index in [1.165, 1.54) is 11.8 Å². The Morgan fingerprint density at radius 2 is 2.33 bits per heavy atom. The number of hydrogen-bond acceptors (Lipinski definition) is 5. The number of fused-ring (bicyclic) bond motifs is 1. The summed E-state index contributed by atoms with van der Waals surface area (Å²) in [7, 11) is 0. The summed E-state index contributed by atoms with van der Waals surface area (Å²) >= 11 is 1.50. The van der Waals surface area contributed by atoms with E-state index in [1.54, 1.807) is 18.2 Å². The SMILES string of the molecule is CSC(CO)C(C)NC(=O)c1ccc2c(c1)NC(=O)CO2. The summed E-state index contributed by atoms with van der Waals surface area (Å²) in [5.41, 5.74) is 0.930. The highest BCUT2D eigenvalue weighted by atomic mass is 32.2. The Morgan fingerprint density at radius 1 is 1.57 bits per heavy atom. The van der Waals surface area contributed by atoms with Crippen LogP contribution in [0.5, 0.6) is 5.75 Å². The predicted molar refractivity (Wildman–Crippen MR) is 81.9 cm³/mol. The van der Waals surface area contributed by atoms with Crippen molar-refractivity contribution in [3.8, 4) is 5.75 Å². The zero-order valence-corrected chi connectivity index (χ0v) is 12.7. The minimum Gasteiger partial charge on any atom is -0.482 e. The van der Waals surface area contributed by atoms with Gasteiger partial charge in [0, 0.05) is 16.9 Å². The van der Waals surface area contributed by atoms with E-state index in [0.717, 1.165) is 0 Å². The van der Waals surface area contributed by atoms with E-state index in [-0.39, 0.29) is 36.3 Å². The van der Waals surface area contributed by atoms with Gasteiger partial charge in [0.25, 0.3) is 11.8 Å². The molecule has 1 aromatic rings. The molecular weight excluding hydrogens is 292 g/mol. The third-order valence-electron chi connectivity index (χ3n) is 3.27. The van der Waals surface area contributed by atoms with Crippen molar-refractivity contribution >= 4 is 29.3 Å². The molecule has 114 valence electrons. The highest BCUT2D eigenvalue weighted by molar-refractivity contribution is 7.99. The summed E-state index contributed by atoms with van der Waals surface area (Å²) in [6, 6.07) is 4.72. The van der Waals surface area contributed by atoms with E-state index < -0.39 is 0 Å². The molecule has 6 nitrogen and oxygen atoms in total. The Bertz CT molecular complexity index is 546. The van der Waals surface area contributed by atoms with Crippen molar-refractivity contribution in [3.05, 3.63) is 23.8 Å². The molecule has 2 unspecified atom stereocenters. The van der Waals surface area contributed by atoms with Crippen LogP contribution in [0.2, 0.25) is 0 Å². The van der Waals surface area contributed by atoms with E-state index in [0.29, 0.717) is 17.0 Å². The van der Waals surface area contributed by atoms with Gasteiger partial charge in [0.1, 0.15) is 5.75 Å². The quantitative estimate of drug-likeness (QED) is 0.751. The summed E-state index contributed by atoms with van der Waals surface area (Å²) in [4.78, 5) is 23.5. The van der Waals surface area contributed by atoms with Crippen molar-refractivity contribution in [3.63, 3.8) is 0 Å². The molecule has 0 aliphatic carbocycles. The second kappa shape index (κ2) is 6.82. The first-order valence-corrected chi connectivity index (χ1v) is 7.85. The first kappa shape index (κ1) is 15.7. The van der Waals surface area contributed by atoms with Gasteiger partial charge in [-0.05, 0) is 31.4 Å². The third kappa shape index (κ3) is 3.68. The lowest BCUT2D eigenvalue weighted by atomic mass is 10.1. The Labute approximate surface area is 127 Å². The lowest BCUT2D eigenvalue weighted by Crippen LogP contribution is -2.41. The molecule has 1 aliphatic rings. The number of thioether (sulfide) groups is 1. The number of nitrogens with one attached hydrogen (secondary N) is 2. The molecule has 3 N–H and O–H groups in total. The fourth-order valence-electron chi connectivity index (χ4n) is 2.04. The van der Waals surface area contributed by atoms with Crippen LogP contribution in [0.4, 0.5) is 5.69 Å². The zero-order chi connectivity index (χ0) is 15.4. The minimum absolute atomic E-state index is 0.00328. The van der Waals surface area contributed by atoms with Gasteiger partial charge in [-0.3, -0.25) is 9.59 Å². The van der Waals surface area contributed by atoms with Crippen molar-refractivity contribution in [2.24, 2.45) is 0 Å². The standard InChI is InChI=1S/C14H18N2O4S/c1-8(12(6-17)21-2)15-14(19)9-3-4-11-10(5-9)16-13(18)7-20-11/h3-5,8,12,17H,6-7H2,1-2H3,(H,15,19)(H,16,18). The van der Waals surface area contributed by atoms with Crippen molar-refractivity contribution in [1.82, 2.24) is 5.32 Å². The van der Waals surface area contributed by atoms with E-state index in [1.807, 2.05) is 13.2 Å². The molecule has 0 saturated heterocycles. The number of anilines is 1. The molecule has 0 saturated carbocycles. The maximum Gasteiger partial charge on any atom is 0.262 e. The summed E-state index contributed by atoms with van der Waals surface area (Å²) in [6.07, 6.45) is 1.88. The van der Waals surface area contributed by atoms with Gasteiger partial charge in [-0.15, -0.1) is 0 Å². The van der Waals surface area contributed by atoms with E-state index in [4.69, 9.17) is 4.74 Å². The number of aliphatic hydroxyl groups is 1. The van der Waals surface area contributed by atoms with Crippen molar-refractivity contribution in [2.75, 3.05) is 24.8 Å². The first-order valence-electron chi connectivity index (χ1n) is 6.56. The summed E-state index contributed by atoms with van der Waals surface area (Å²) in [5.74, 6) is 0.0605. The Morgan fingerprint density at radius 3 is 3.00 bits per heavy atom. The topological polar surface area (TPSA) is 87.7 Å². The molecule has 0 fully saturated rings. The maximum atomic E-state index is 12.2. The third-order valence-corrected chi connectivity index (χ3v) is 4.44. The summed E-state index contributed by atoms with van der Waals surface area (Å²) in [5, 5.41) is 14.7. The van der Waals surface area contributed by atoms with Crippen molar-refractivity contribution < 1.29 is 19.4 Å². The van der Waals surface area contributed by atoms with Gasteiger partial charge < -0.3 is 20.5 Å². The van der Waals surface area contributed by atoms with Gasteiger partial charge in [-0.2, -0.15) is 11.8 Å². The molecule has 2 atom stereocenters. The van der Waals surface area contributed by atoms with Gasteiger partial charge >= 0.3 is 0 Å². The van der Waals surface area contributed by atoms with Crippen LogP contribution in [0.25, 0.3) is 0 Å². The molecule has 21 heavy (non-hydrogen) atoms. The molecule has 0 aromatic heterocycles. The molecule has 2 rings (SSSR count). The first-order chi connectivity index (χ1) is 10.0. The summed E-state index contributed by atoms with van der Waals surface area (Å²) < 4.78 is 5.24. The highest BCUT2D eigenvalue weighted by Crippen LogP contribution is 2.28. The van der Waals surface area contributed by atoms with E-state index in [2.05, 4.69) is 10.6 Å². The van der Waals surface area contributed by atoms with Gasteiger partial charge in [-0.1, -0.05) is 0 Å². The number of carbonyl (C=O) groups excluding carboxylic acids is 2. The number of hydrogen-bond donors (Lipinski definition) is 3. The molecule has 1 aliphatic heterocycles. The number of rotatable bonds is 5. The van der Waals surface area contributed by atoms with Crippen LogP contribution in [-0.2, 0) is 4.79 Å². The maximum absolute atomic E-state index is 12.2. The molecule has 0 bridgehead atoms. The van der Waals surface area contributed by atoms with Gasteiger partial charge in [-0.25, -0.2) is 0 Å². The van der Waals surface area contributed by atoms with Crippen molar-refractivity contribution in [2.45, 2.75) is 18.2 Å². The number of carbonyl (C=O) groups is 2. The van der Waals surface area contributed by atoms with E-state index >= 15 is 0 Å². The van der Waals surface area contributed by atoms with E-state index in [9.17, 15) is 14.7 Å². The number of ether oxygens (including phenoxy) is 1. The van der Waals surface area contributed by atoms with Crippen LogP contribution < -0.4 is 15.4 Å². The lowest BCUT2D eigenvalue weighted by molar-refractivity contribution is -0.118. The van der Waals surface area contributed by atoms with Crippen LogP contribution in [0.1, 0.15) is 17.3 Å². The Kier molecular flexibility index (Phi) is 5.08. The van der Waals surface area contributed by atoms with Crippen LogP contribution in [0.15, 0.2) is 18.2 Å². The van der Waals surface area contributed by atoms with Crippen LogP contribution in [-0.4, -0.2) is 47.7 Å². The molecule has 2 amide bonds. The largest absolute Gasteiger partial charge is 0.482 e. The lowest BCUT2D eigenvalue weighted by Gasteiger charge is -2.22. The number of benzene rings is 1. The van der Waals surface area contributed by atoms with Crippen molar-refractivity contribution in [1.29, 1.82) is 0 Å². The fourth-order valence-corrected chi connectivity index (χ4v) is 2.67. The molecule has 0 radical (unpaired) electrons. The Balaban J connectivity index is 2.09. The van der Waals surface area contributed by atoms with Crippen LogP contribution in [0, 0.1) is 0 Å². The molecule has 0 spiro atoms. The van der Waals surface area contributed by atoms with Gasteiger partial charge in [0.2, 0.25) is 0 Å². The molecule has 1 heterocycles. The predicted octanol–water partition coefficient (Wildman–Crippen LogP) is 0.860. The zero-order valence-electron chi connectivity index (χ0n) is 11.9. The molecule has 1 aromatic carbocycles. The monoisotopic (exact) mass is 310 g/mol. The fraction of sp³-hybridized carbons (Fsp3) is 0.429.